The van der Waals surface area contributed by atoms with Crippen LogP contribution in [0.5, 0.6) is 0 Å². The first-order valence-corrected chi connectivity index (χ1v) is 12.3. The number of amides is 2. The average molecular weight is 466 g/mol. The quantitative estimate of drug-likeness (QED) is 0.567. The first-order valence-electron chi connectivity index (χ1n) is 12.3. The molecule has 2 aliphatic rings. The van der Waals surface area contributed by atoms with Gasteiger partial charge in [-0.1, -0.05) is 44.2 Å². The van der Waals surface area contributed by atoms with E-state index in [-0.39, 0.29) is 30.2 Å². The molecule has 1 aliphatic heterocycles. The van der Waals surface area contributed by atoms with Gasteiger partial charge in [0.15, 0.2) is 5.58 Å². The summed E-state index contributed by atoms with van der Waals surface area (Å²) in [7, 11) is 0. The molecular formula is C27H32FN3O3. The molecule has 3 heterocycles. The summed E-state index contributed by atoms with van der Waals surface area (Å²) in [5.41, 5.74) is 1.46. The molecule has 1 aromatic carbocycles. The lowest BCUT2D eigenvalue weighted by Gasteiger charge is -2.44. The molecule has 180 valence electrons. The zero-order valence-electron chi connectivity index (χ0n) is 19.9. The van der Waals surface area contributed by atoms with E-state index in [4.69, 9.17) is 4.42 Å². The maximum absolute atomic E-state index is 13.9. The summed E-state index contributed by atoms with van der Waals surface area (Å²) in [4.78, 5) is 29.2. The van der Waals surface area contributed by atoms with Gasteiger partial charge in [-0.3, -0.25) is 9.59 Å². The molecular weight excluding hydrogens is 433 g/mol. The number of carbonyl (C=O) groups excluding carboxylic acids is 2. The van der Waals surface area contributed by atoms with E-state index in [1.807, 2.05) is 24.5 Å². The first-order chi connectivity index (χ1) is 16.3. The van der Waals surface area contributed by atoms with Crippen molar-refractivity contribution in [1.29, 1.82) is 0 Å². The van der Waals surface area contributed by atoms with Gasteiger partial charge in [-0.25, -0.2) is 4.39 Å². The number of carbonyl (C=O) groups is 2. The maximum Gasteiger partial charge on any atom is 0.271 e. The van der Waals surface area contributed by atoms with E-state index in [1.54, 1.807) is 23.1 Å². The van der Waals surface area contributed by atoms with Gasteiger partial charge < -0.3 is 19.2 Å². The van der Waals surface area contributed by atoms with E-state index < -0.39 is 5.54 Å². The molecule has 0 saturated heterocycles. The summed E-state index contributed by atoms with van der Waals surface area (Å²) < 4.78 is 21.6. The molecule has 2 aromatic heterocycles. The van der Waals surface area contributed by atoms with E-state index in [1.165, 1.54) is 31.4 Å². The molecule has 0 bridgehead atoms. The van der Waals surface area contributed by atoms with E-state index in [2.05, 4.69) is 5.32 Å². The molecule has 1 fully saturated rings. The van der Waals surface area contributed by atoms with Gasteiger partial charge in [-0.2, -0.15) is 0 Å². The molecule has 1 saturated carbocycles. The number of nitrogens with one attached hydrogen (secondary N) is 1. The fraction of sp³-hybridized carbons (Fsp3) is 0.481. The van der Waals surface area contributed by atoms with Crippen LogP contribution in [0.3, 0.4) is 0 Å². The van der Waals surface area contributed by atoms with E-state index in [0.29, 0.717) is 23.4 Å². The minimum Gasteiger partial charge on any atom is -0.460 e. The Kier molecular flexibility index (Phi) is 5.96. The van der Waals surface area contributed by atoms with E-state index in [0.717, 1.165) is 37.0 Å². The molecule has 6 nitrogen and oxygen atoms in total. The van der Waals surface area contributed by atoms with Crippen LogP contribution in [0.1, 0.15) is 73.7 Å². The van der Waals surface area contributed by atoms with Gasteiger partial charge >= 0.3 is 0 Å². The standard InChI is InChI=1S/C27H32FN3O3/c1-18-13-22-24(34-18)15-23-25(32)31(16-19-9-8-10-20(28)14-19)27(2,17-30(22)23)26(33)29-21-11-6-4-3-5-7-12-21/h8-10,13-15,21H,3-7,11-12,16-17H2,1-2H3,(H,29,33)/t27-/m1/s1. The van der Waals surface area contributed by atoms with E-state index in [9.17, 15) is 14.0 Å². The second-order valence-electron chi connectivity index (χ2n) is 10.0. The number of aryl methyl sites for hydroxylation is 1. The Bertz CT molecular complexity index is 1220. The molecule has 1 atom stereocenters. The molecule has 2 amide bonds. The second-order valence-corrected chi connectivity index (χ2v) is 10.0. The number of hydrogen-bond donors (Lipinski definition) is 1. The van der Waals surface area contributed by atoms with Crippen molar-refractivity contribution in [2.24, 2.45) is 0 Å². The average Bonchev–Trinajstić information content (AvgIpc) is 3.29. The number of furan rings is 1. The van der Waals surface area contributed by atoms with Crippen molar-refractivity contribution in [3.63, 3.8) is 0 Å². The Morgan fingerprint density at radius 2 is 1.88 bits per heavy atom. The second kappa shape index (κ2) is 8.93. The molecule has 1 aliphatic carbocycles. The highest BCUT2D eigenvalue weighted by molar-refractivity contribution is 6.03. The number of benzene rings is 1. The van der Waals surface area contributed by atoms with Crippen LogP contribution in [-0.4, -0.2) is 32.9 Å². The summed E-state index contributed by atoms with van der Waals surface area (Å²) >= 11 is 0. The smallest absolute Gasteiger partial charge is 0.271 e. The Morgan fingerprint density at radius 1 is 1.15 bits per heavy atom. The minimum atomic E-state index is -1.13. The van der Waals surface area contributed by atoms with Crippen LogP contribution < -0.4 is 5.32 Å². The first kappa shape index (κ1) is 22.7. The number of hydrogen-bond acceptors (Lipinski definition) is 3. The van der Waals surface area contributed by atoms with Crippen LogP contribution in [0.15, 0.2) is 40.8 Å². The lowest BCUT2D eigenvalue weighted by molar-refractivity contribution is -0.134. The number of nitrogens with zero attached hydrogens (tertiary/aromatic N) is 2. The van der Waals surface area contributed by atoms with Gasteiger partial charge in [0.05, 0.1) is 12.1 Å². The third-order valence-electron chi connectivity index (χ3n) is 7.40. The Balaban J connectivity index is 1.51. The van der Waals surface area contributed by atoms with Gasteiger partial charge in [0, 0.05) is 24.7 Å². The lowest BCUT2D eigenvalue weighted by Crippen LogP contribution is -2.64. The third-order valence-corrected chi connectivity index (χ3v) is 7.40. The molecule has 34 heavy (non-hydrogen) atoms. The largest absolute Gasteiger partial charge is 0.460 e. The molecule has 3 aromatic rings. The van der Waals surface area contributed by atoms with Crippen LogP contribution in [0, 0.1) is 12.7 Å². The molecule has 1 N–H and O–H groups in total. The number of fused-ring (bicyclic) bond motifs is 3. The highest BCUT2D eigenvalue weighted by Gasteiger charge is 2.48. The molecule has 7 heteroatoms. The Morgan fingerprint density at radius 3 is 2.62 bits per heavy atom. The highest BCUT2D eigenvalue weighted by atomic mass is 19.1. The van der Waals surface area contributed by atoms with Gasteiger partial charge in [0.25, 0.3) is 5.91 Å². The van der Waals surface area contributed by atoms with Crippen molar-refractivity contribution < 1.29 is 18.4 Å². The van der Waals surface area contributed by atoms with Crippen molar-refractivity contribution in [2.45, 2.75) is 83.5 Å². The number of halogens is 1. The Labute approximate surface area is 199 Å². The molecule has 0 spiro atoms. The topological polar surface area (TPSA) is 67.5 Å². The number of rotatable bonds is 4. The zero-order chi connectivity index (χ0) is 23.9. The van der Waals surface area contributed by atoms with Gasteiger partial charge in [0.1, 0.15) is 22.8 Å². The van der Waals surface area contributed by atoms with Crippen LogP contribution in [0.25, 0.3) is 11.1 Å². The third kappa shape index (κ3) is 4.12. The molecule has 5 rings (SSSR count). The summed E-state index contributed by atoms with van der Waals surface area (Å²) in [5.74, 6) is -0.0139. The van der Waals surface area contributed by atoms with Gasteiger partial charge in [-0.15, -0.1) is 0 Å². The fourth-order valence-electron chi connectivity index (χ4n) is 5.47. The van der Waals surface area contributed by atoms with Gasteiger partial charge in [0.2, 0.25) is 5.91 Å². The molecule has 0 unspecified atom stereocenters. The monoisotopic (exact) mass is 465 g/mol. The highest BCUT2D eigenvalue weighted by Crippen LogP contribution is 2.35. The normalized spacial score (nSPS) is 21.9. The summed E-state index contributed by atoms with van der Waals surface area (Å²) in [6, 6.07) is 9.97. The van der Waals surface area contributed by atoms with Crippen LogP contribution in [-0.2, 0) is 17.9 Å². The van der Waals surface area contributed by atoms with Crippen LogP contribution in [0.2, 0.25) is 0 Å². The lowest BCUT2D eigenvalue weighted by atomic mass is 9.91. The summed E-state index contributed by atoms with van der Waals surface area (Å²) in [6.45, 7) is 4.15. The van der Waals surface area contributed by atoms with Crippen molar-refractivity contribution in [3.8, 4) is 0 Å². The van der Waals surface area contributed by atoms with Crippen molar-refractivity contribution in [2.75, 3.05) is 0 Å². The SMILES string of the molecule is Cc1cc2c(cc3n2C[C@](C)(C(=O)NC2CCCCCCC2)N(Cc2cccc(F)c2)C3=O)o1. The Hall–Kier alpha value is -3.09. The van der Waals surface area contributed by atoms with Gasteiger partial charge in [-0.05, 0) is 44.4 Å². The summed E-state index contributed by atoms with van der Waals surface area (Å²) in [5, 5.41) is 3.28. The number of aromatic nitrogens is 1. The fourth-order valence-corrected chi connectivity index (χ4v) is 5.47. The predicted octanol–water partition coefficient (Wildman–Crippen LogP) is 5.33. The summed E-state index contributed by atoms with van der Waals surface area (Å²) in [6.07, 6.45) is 7.76. The zero-order valence-corrected chi connectivity index (χ0v) is 19.9. The maximum atomic E-state index is 13.9. The van der Waals surface area contributed by atoms with E-state index >= 15 is 0 Å². The van der Waals surface area contributed by atoms with Crippen molar-refractivity contribution in [1.82, 2.24) is 14.8 Å². The molecule has 0 radical (unpaired) electrons. The van der Waals surface area contributed by atoms with Crippen LogP contribution in [0.4, 0.5) is 4.39 Å². The van der Waals surface area contributed by atoms with Crippen molar-refractivity contribution in [3.05, 3.63) is 59.2 Å². The minimum absolute atomic E-state index is 0.109. The van der Waals surface area contributed by atoms with Crippen LogP contribution >= 0.6 is 0 Å². The predicted molar refractivity (Wildman–Crippen MR) is 128 cm³/mol. The van der Waals surface area contributed by atoms with Crippen molar-refractivity contribution >= 4 is 22.9 Å².